The first kappa shape index (κ1) is 11.9. The zero-order chi connectivity index (χ0) is 12.4. The van der Waals surface area contributed by atoms with E-state index in [9.17, 15) is 4.79 Å². The largest absolute Gasteiger partial charge is 0.294 e. The van der Waals surface area contributed by atoms with Crippen LogP contribution in [0.5, 0.6) is 0 Å². The van der Waals surface area contributed by atoms with Crippen LogP contribution in [-0.2, 0) is 13.5 Å². The summed E-state index contributed by atoms with van der Waals surface area (Å²) in [5.74, 6) is 0.0451. The van der Waals surface area contributed by atoms with Gasteiger partial charge in [0.05, 0.1) is 12.1 Å². The van der Waals surface area contributed by atoms with Gasteiger partial charge in [-0.3, -0.25) is 9.48 Å². The van der Waals surface area contributed by atoms with Crippen molar-refractivity contribution in [2.24, 2.45) is 7.05 Å². The van der Waals surface area contributed by atoms with E-state index in [1.54, 1.807) is 22.9 Å². The molecule has 1 heterocycles. The summed E-state index contributed by atoms with van der Waals surface area (Å²) in [4.78, 5) is 12.1. The lowest BCUT2D eigenvalue weighted by Crippen LogP contribution is -2.06. The monoisotopic (exact) mass is 248 g/mol. The highest BCUT2D eigenvalue weighted by Crippen LogP contribution is 2.20. The van der Waals surface area contributed by atoms with Crippen LogP contribution in [0.1, 0.15) is 21.6 Å². The molecule has 2 aromatic rings. The molecule has 88 valence electrons. The van der Waals surface area contributed by atoms with Gasteiger partial charge in [0.1, 0.15) is 0 Å². The second kappa shape index (κ2) is 4.72. The fourth-order valence-electron chi connectivity index (χ4n) is 1.73. The van der Waals surface area contributed by atoms with E-state index in [0.29, 0.717) is 17.0 Å². The molecule has 0 aliphatic rings. The minimum atomic E-state index is 0.0451. The van der Waals surface area contributed by atoms with Crippen LogP contribution < -0.4 is 0 Å². The quantitative estimate of drug-likeness (QED) is 0.783. The van der Waals surface area contributed by atoms with Gasteiger partial charge in [-0.25, -0.2) is 0 Å². The van der Waals surface area contributed by atoms with Gasteiger partial charge in [-0.2, -0.15) is 5.10 Å². The maximum Gasteiger partial charge on any atom is 0.169 e. The molecule has 0 bridgehead atoms. The van der Waals surface area contributed by atoms with E-state index in [4.69, 9.17) is 11.6 Å². The summed E-state index contributed by atoms with van der Waals surface area (Å²) in [5, 5.41) is 4.81. The fourth-order valence-corrected chi connectivity index (χ4v) is 1.90. The Hall–Kier alpha value is -1.61. The van der Waals surface area contributed by atoms with Crippen molar-refractivity contribution in [3.63, 3.8) is 0 Å². The van der Waals surface area contributed by atoms with Gasteiger partial charge in [0.25, 0.3) is 0 Å². The summed E-state index contributed by atoms with van der Waals surface area (Å²) in [6.45, 7) is 1.86. The first-order valence-corrected chi connectivity index (χ1v) is 5.72. The molecule has 0 aliphatic heterocycles. The minimum Gasteiger partial charge on any atom is -0.294 e. The molecule has 0 radical (unpaired) electrons. The maximum absolute atomic E-state index is 12.1. The van der Waals surface area contributed by atoms with Gasteiger partial charge in [-0.1, -0.05) is 23.7 Å². The van der Waals surface area contributed by atoms with Crippen molar-refractivity contribution < 1.29 is 4.79 Å². The molecule has 0 N–H and O–H groups in total. The van der Waals surface area contributed by atoms with E-state index >= 15 is 0 Å². The Morgan fingerprint density at radius 1 is 1.41 bits per heavy atom. The Morgan fingerprint density at radius 3 is 2.82 bits per heavy atom. The van der Waals surface area contributed by atoms with E-state index in [1.807, 2.05) is 26.2 Å². The Morgan fingerprint density at radius 2 is 2.18 bits per heavy atom. The van der Waals surface area contributed by atoms with Crippen molar-refractivity contribution in [1.29, 1.82) is 0 Å². The van der Waals surface area contributed by atoms with Gasteiger partial charge in [-0.05, 0) is 24.6 Å². The number of halogens is 1. The van der Waals surface area contributed by atoms with Crippen molar-refractivity contribution in [2.45, 2.75) is 13.3 Å². The number of ketones is 1. The van der Waals surface area contributed by atoms with Crippen molar-refractivity contribution in [3.8, 4) is 0 Å². The predicted octanol–water partition coefficient (Wildman–Crippen LogP) is 2.81. The molecule has 0 spiro atoms. The smallest absolute Gasteiger partial charge is 0.169 e. The lowest BCUT2D eigenvalue weighted by molar-refractivity contribution is 0.0991. The molecule has 0 atom stereocenters. The highest BCUT2D eigenvalue weighted by atomic mass is 35.5. The zero-order valence-corrected chi connectivity index (χ0v) is 10.5. The maximum atomic E-state index is 12.1. The summed E-state index contributed by atoms with van der Waals surface area (Å²) in [6.07, 6.45) is 2.13. The molecule has 1 aromatic carbocycles. The molecule has 0 unspecified atom stereocenters. The van der Waals surface area contributed by atoms with Crippen LogP contribution in [-0.4, -0.2) is 15.6 Å². The lowest BCUT2D eigenvalue weighted by atomic mass is 10.0. The Kier molecular flexibility index (Phi) is 3.29. The van der Waals surface area contributed by atoms with E-state index in [-0.39, 0.29) is 5.78 Å². The summed E-state index contributed by atoms with van der Waals surface area (Å²) < 4.78 is 1.69. The van der Waals surface area contributed by atoms with Crippen LogP contribution in [0.2, 0.25) is 5.02 Å². The third-order valence-electron chi connectivity index (χ3n) is 2.68. The number of Topliss-reactive ketones (excluding diaryl/α,β-unsaturated/α-hetero) is 1. The van der Waals surface area contributed by atoms with Crippen LogP contribution in [0.25, 0.3) is 0 Å². The van der Waals surface area contributed by atoms with Crippen molar-refractivity contribution in [2.75, 3.05) is 0 Å². The molecule has 2 rings (SSSR count). The van der Waals surface area contributed by atoms with Gasteiger partial charge in [0.15, 0.2) is 5.78 Å². The van der Waals surface area contributed by atoms with Gasteiger partial charge in [-0.15, -0.1) is 0 Å². The number of hydrogen-bond acceptors (Lipinski definition) is 2. The van der Waals surface area contributed by atoms with Crippen LogP contribution in [0.15, 0.2) is 30.5 Å². The van der Waals surface area contributed by atoms with Crippen LogP contribution in [0.4, 0.5) is 0 Å². The normalized spacial score (nSPS) is 10.5. The number of nitrogens with zero attached hydrogens (tertiary/aromatic N) is 2. The van der Waals surface area contributed by atoms with Gasteiger partial charge in [0.2, 0.25) is 0 Å². The first-order chi connectivity index (χ1) is 8.08. The highest BCUT2D eigenvalue weighted by Gasteiger charge is 2.12. The molecule has 0 fully saturated rings. The van der Waals surface area contributed by atoms with Gasteiger partial charge < -0.3 is 0 Å². The van der Waals surface area contributed by atoms with Crippen LogP contribution >= 0.6 is 11.6 Å². The number of carbonyl (C=O) groups is 1. The summed E-state index contributed by atoms with van der Waals surface area (Å²) in [7, 11) is 1.83. The van der Waals surface area contributed by atoms with Crippen molar-refractivity contribution >= 4 is 17.4 Å². The topological polar surface area (TPSA) is 34.9 Å². The molecule has 1 aromatic heterocycles. The van der Waals surface area contributed by atoms with E-state index in [2.05, 4.69) is 5.10 Å². The molecule has 3 nitrogen and oxygen atoms in total. The fraction of sp³-hybridized carbons (Fsp3) is 0.231. The first-order valence-electron chi connectivity index (χ1n) is 5.35. The molecule has 0 amide bonds. The van der Waals surface area contributed by atoms with Crippen LogP contribution in [0.3, 0.4) is 0 Å². The Labute approximate surface area is 105 Å². The van der Waals surface area contributed by atoms with E-state index in [0.717, 1.165) is 11.3 Å². The number of hydrogen-bond donors (Lipinski definition) is 0. The van der Waals surface area contributed by atoms with Gasteiger partial charge in [0, 0.05) is 23.8 Å². The molecule has 0 saturated heterocycles. The number of rotatable bonds is 3. The zero-order valence-electron chi connectivity index (χ0n) is 9.77. The molecule has 0 saturated carbocycles. The third-order valence-corrected chi connectivity index (χ3v) is 3.09. The molecular weight excluding hydrogens is 236 g/mol. The summed E-state index contributed by atoms with van der Waals surface area (Å²) in [6, 6.07) is 7.22. The predicted molar refractivity (Wildman–Crippen MR) is 67.4 cm³/mol. The molecule has 4 heteroatoms. The number of carbonyl (C=O) groups excluding carboxylic acids is 1. The number of benzene rings is 1. The average Bonchev–Trinajstić information content (AvgIpc) is 2.68. The van der Waals surface area contributed by atoms with Crippen molar-refractivity contribution in [1.82, 2.24) is 9.78 Å². The summed E-state index contributed by atoms with van der Waals surface area (Å²) >= 11 is 5.99. The van der Waals surface area contributed by atoms with Crippen molar-refractivity contribution in [3.05, 3.63) is 52.3 Å². The van der Waals surface area contributed by atoms with Gasteiger partial charge >= 0.3 is 0 Å². The average molecular weight is 249 g/mol. The number of aryl methyl sites for hydroxylation is 1. The molecule has 17 heavy (non-hydrogen) atoms. The van der Waals surface area contributed by atoms with E-state index in [1.165, 1.54) is 0 Å². The molecular formula is C13H13ClN2O. The Balaban J connectivity index is 2.23. The number of aromatic nitrogens is 2. The third kappa shape index (κ3) is 2.56. The highest BCUT2D eigenvalue weighted by molar-refractivity contribution is 6.31. The second-order valence-electron chi connectivity index (χ2n) is 3.99. The SMILES string of the molecule is Cc1c(Cl)cccc1C(=O)Cc1ccn(C)n1. The lowest BCUT2D eigenvalue weighted by Gasteiger charge is -2.05. The Bertz CT molecular complexity index is 560. The second-order valence-corrected chi connectivity index (χ2v) is 4.40. The minimum absolute atomic E-state index is 0.0451. The standard InChI is InChI=1S/C13H13ClN2O/c1-9-11(4-3-5-12(9)14)13(17)8-10-6-7-16(2)15-10/h3-7H,8H2,1-2H3. The molecule has 0 aliphatic carbocycles. The van der Waals surface area contributed by atoms with Crippen LogP contribution in [0, 0.1) is 6.92 Å². The van der Waals surface area contributed by atoms with E-state index < -0.39 is 0 Å². The summed E-state index contributed by atoms with van der Waals surface area (Å²) in [5.41, 5.74) is 2.27.